The van der Waals surface area contributed by atoms with Crippen LogP contribution in [0, 0.1) is 0 Å². The zero-order valence-electron chi connectivity index (χ0n) is 12.2. The van der Waals surface area contributed by atoms with Gasteiger partial charge in [0.05, 0.1) is 19.9 Å². The number of methoxy groups -OCH3 is 2. The molecule has 112 valence electrons. The molecule has 1 aromatic heterocycles. The molecule has 3 rings (SSSR count). The summed E-state index contributed by atoms with van der Waals surface area (Å²) in [6.45, 7) is 0. The zero-order valence-corrected chi connectivity index (χ0v) is 13.1. The molecular formula is C17H15NO3S. The van der Waals surface area contributed by atoms with Crippen LogP contribution < -0.4 is 9.47 Å². The van der Waals surface area contributed by atoms with E-state index in [2.05, 4.69) is 4.98 Å². The molecule has 1 N–H and O–H groups in total. The summed E-state index contributed by atoms with van der Waals surface area (Å²) in [5, 5.41) is 12.3. The Hall–Kier alpha value is -2.53. The van der Waals surface area contributed by atoms with Crippen LogP contribution in [-0.2, 0) is 0 Å². The van der Waals surface area contributed by atoms with Crippen molar-refractivity contribution in [1.82, 2.24) is 4.98 Å². The van der Waals surface area contributed by atoms with Crippen LogP contribution in [0.5, 0.6) is 17.2 Å². The highest BCUT2D eigenvalue weighted by Gasteiger charge is 2.10. The van der Waals surface area contributed by atoms with E-state index in [0.717, 1.165) is 21.8 Å². The van der Waals surface area contributed by atoms with Crippen molar-refractivity contribution in [2.45, 2.75) is 0 Å². The quantitative estimate of drug-likeness (QED) is 0.784. The fraction of sp³-hybridized carbons (Fsp3) is 0.118. The molecule has 0 radical (unpaired) electrons. The van der Waals surface area contributed by atoms with Crippen LogP contribution in [0.4, 0.5) is 0 Å². The smallest absolute Gasteiger partial charge is 0.161 e. The molecule has 0 saturated heterocycles. The average molecular weight is 313 g/mol. The number of hydrogen-bond acceptors (Lipinski definition) is 5. The summed E-state index contributed by atoms with van der Waals surface area (Å²) in [7, 11) is 3.23. The predicted octanol–water partition coefficient (Wildman–Crippen LogP) is 4.20. The Labute approximate surface area is 132 Å². The standard InChI is InChI=1S/C17H15NO3S/c1-20-15-8-5-12(9-16(15)21-2)17-18-14(10-22-17)11-3-6-13(19)7-4-11/h3-10,19H,1-2H3. The number of thiazole rings is 1. The van der Waals surface area contributed by atoms with E-state index in [-0.39, 0.29) is 5.75 Å². The van der Waals surface area contributed by atoms with Crippen LogP contribution in [0.15, 0.2) is 47.8 Å². The predicted molar refractivity (Wildman–Crippen MR) is 87.8 cm³/mol. The lowest BCUT2D eigenvalue weighted by Crippen LogP contribution is -1.90. The second-order valence-corrected chi connectivity index (χ2v) is 5.51. The molecule has 5 heteroatoms. The van der Waals surface area contributed by atoms with Gasteiger partial charge < -0.3 is 14.6 Å². The van der Waals surface area contributed by atoms with Gasteiger partial charge in [-0.15, -0.1) is 11.3 Å². The van der Waals surface area contributed by atoms with Gasteiger partial charge in [0.15, 0.2) is 11.5 Å². The van der Waals surface area contributed by atoms with Crippen molar-refractivity contribution in [1.29, 1.82) is 0 Å². The van der Waals surface area contributed by atoms with E-state index in [4.69, 9.17) is 9.47 Å². The van der Waals surface area contributed by atoms with Crippen molar-refractivity contribution >= 4 is 11.3 Å². The van der Waals surface area contributed by atoms with E-state index in [1.54, 1.807) is 37.7 Å². The third kappa shape index (κ3) is 2.76. The van der Waals surface area contributed by atoms with E-state index < -0.39 is 0 Å². The minimum absolute atomic E-state index is 0.249. The highest BCUT2D eigenvalue weighted by molar-refractivity contribution is 7.13. The van der Waals surface area contributed by atoms with Gasteiger partial charge in [-0.2, -0.15) is 0 Å². The molecular weight excluding hydrogens is 298 g/mol. The molecule has 1 heterocycles. The minimum atomic E-state index is 0.249. The molecule has 0 spiro atoms. The monoisotopic (exact) mass is 313 g/mol. The van der Waals surface area contributed by atoms with Crippen molar-refractivity contribution in [2.75, 3.05) is 14.2 Å². The first-order valence-electron chi connectivity index (χ1n) is 6.68. The number of aromatic hydroxyl groups is 1. The van der Waals surface area contributed by atoms with Crippen molar-refractivity contribution in [2.24, 2.45) is 0 Å². The summed E-state index contributed by atoms with van der Waals surface area (Å²) in [6.07, 6.45) is 0. The summed E-state index contributed by atoms with van der Waals surface area (Å²) in [5.74, 6) is 1.63. The summed E-state index contributed by atoms with van der Waals surface area (Å²) < 4.78 is 10.6. The van der Waals surface area contributed by atoms with E-state index >= 15 is 0 Å². The Balaban J connectivity index is 1.95. The fourth-order valence-electron chi connectivity index (χ4n) is 2.14. The maximum Gasteiger partial charge on any atom is 0.161 e. The Kier molecular flexibility index (Phi) is 3.98. The third-order valence-electron chi connectivity index (χ3n) is 3.30. The second-order valence-electron chi connectivity index (χ2n) is 4.65. The molecule has 2 aromatic carbocycles. The number of phenols is 1. The molecule has 0 bridgehead atoms. The number of ether oxygens (including phenoxy) is 2. The average Bonchev–Trinajstić information content (AvgIpc) is 3.05. The first-order chi connectivity index (χ1) is 10.7. The van der Waals surface area contributed by atoms with Crippen molar-refractivity contribution in [3.63, 3.8) is 0 Å². The van der Waals surface area contributed by atoms with Gasteiger partial charge in [0.2, 0.25) is 0 Å². The SMILES string of the molecule is COc1ccc(-c2nc(-c3ccc(O)cc3)cs2)cc1OC. The molecule has 0 aliphatic heterocycles. The number of nitrogens with zero attached hydrogens (tertiary/aromatic N) is 1. The van der Waals surface area contributed by atoms with Crippen LogP contribution in [0.3, 0.4) is 0 Å². The van der Waals surface area contributed by atoms with Crippen LogP contribution in [0.25, 0.3) is 21.8 Å². The van der Waals surface area contributed by atoms with Crippen LogP contribution in [-0.4, -0.2) is 24.3 Å². The first-order valence-corrected chi connectivity index (χ1v) is 7.56. The Morgan fingerprint density at radius 2 is 1.59 bits per heavy atom. The summed E-state index contributed by atoms with van der Waals surface area (Å²) in [6, 6.07) is 12.8. The number of rotatable bonds is 4. The number of aromatic nitrogens is 1. The third-order valence-corrected chi connectivity index (χ3v) is 4.19. The summed E-state index contributed by atoms with van der Waals surface area (Å²) in [4.78, 5) is 4.65. The maximum absolute atomic E-state index is 9.35. The lowest BCUT2D eigenvalue weighted by Gasteiger charge is -2.08. The summed E-state index contributed by atoms with van der Waals surface area (Å²) >= 11 is 1.56. The van der Waals surface area contributed by atoms with Crippen LogP contribution in [0.2, 0.25) is 0 Å². The number of phenolic OH excluding ortho intramolecular Hbond substituents is 1. The Morgan fingerprint density at radius 1 is 0.909 bits per heavy atom. The molecule has 0 unspecified atom stereocenters. The maximum atomic E-state index is 9.35. The van der Waals surface area contributed by atoms with Crippen LogP contribution >= 0.6 is 11.3 Å². The number of hydrogen-bond donors (Lipinski definition) is 1. The van der Waals surface area contributed by atoms with Gasteiger partial charge in [-0.25, -0.2) is 4.98 Å². The normalized spacial score (nSPS) is 10.5. The molecule has 0 amide bonds. The second kappa shape index (κ2) is 6.07. The van der Waals surface area contributed by atoms with Crippen LogP contribution in [0.1, 0.15) is 0 Å². The van der Waals surface area contributed by atoms with E-state index in [1.165, 1.54) is 0 Å². The molecule has 0 atom stereocenters. The van der Waals surface area contributed by atoms with Crippen molar-refractivity contribution in [3.8, 4) is 39.1 Å². The molecule has 0 saturated carbocycles. The zero-order chi connectivity index (χ0) is 15.5. The van der Waals surface area contributed by atoms with Gasteiger partial charge in [0, 0.05) is 16.5 Å². The van der Waals surface area contributed by atoms with Gasteiger partial charge in [-0.3, -0.25) is 0 Å². The molecule has 0 fully saturated rings. The van der Waals surface area contributed by atoms with E-state index in [9.17, 15) is 5.11 Å². The van der Waals surface area contributed by atoms with Gasteiger partial charge in [-0.05, 0) is 42.5 Å². The van der Waals surface area contributed by atoms with Gasteiger partial charge >= 0.3 is 0 Å². The molecule has 22 heavy (non-hydrogen) atoms. The largest absolute Gasteiger partial charge is 0.508 e. The first kappa shape index (κ1) is 14.4. The van der Waals surface area contributed by atoms with E-state index in [1.807, 2.05) is 35.7 Å². The fourth-order valence-corrected chi connectivity index (χ4v) is 2.97. The van der Waals surface area contributed by atoms with Crippen molar-refractivity contribution < 1.29 is 14.6 Å². The van der Waals surface area contributed by atoms with Gasteiger partial charge in [0.25, 0.3) is 0 Å². The molecule has 4 nitrogen and oxygen atoms in total. The molecule has 0 aliphatic carbocycles. The lowest BCUT2D eigenvalue weighted by molar-refractivity contribution is 0.355. The van der Waals surface area contributed by atoms with Gasteiger partial charge in [-0.1, -0.05) is 0 Å². The number of benzene rings is 2. The van der Waals surface area contributed by atoms with Crippen molar-refractivity contribution in [3.05, 3.63) is 47.8 Å². The molecule has 0 aliphatic rings. The Bertz CT molecular complexity index is 781. The summed E-state index contributed by atoms with van der Waals surface area (Å²) in [5.41, 5.74) is 2.84. The Morgan fingerprint density at radius 3 is 2.27 bits per heavy atom. The highest BCUT2D eigenvalue weighted by Crippen LogP contribution is 2.35. The topological polar surface area (TPSA) is 51.6 Å². The minimum Gasteiger partial charge on any atom is -0.508 e. The van der Waals surface area contributed by atoms with Gasteiger partial charge in [0.1, 0.15) is 10.8 Å². The highest BCUT2D eigenvalue weighted by atomic mass is 32.1. The molecule has 3 aromatic rings. The van der Waals surface area contributed by atoms with E-state index in [0.29, 0.717) is 11.5 Å². The lowest BCUT2D eigenvalue weighted by atomic mass is 10.1.